The second-order valence-corrected chi connectivity index (χ2v) is 5.35. The van der Waals surface area contributed by atoms with Crippen molar-refractivity contribution in [2.45, 2.75) is 40.7 Å². The highest BCUT2D eigenvalue weighted by Gasteiger charge is 2.17. The summed E-state index contributed by atoms with van der Waals surface area (Å²) < 4.78 is 4.90. The Morgan fingerprint density at radius 1 is 1.35 bits per heavy atom. The number of hydrogen-bond donors (Lipinski definition) is 0. The van der Waals surface area contributed by atoms with Crippen LogP contribution in [0.2, 0.25) is 0 Å². The van der Waals surface area contributed by atoms with Crippen LogP contribution in [0.25, 0.3) is 5.57 Å². The first-order valence-electron chi connectivity index (χ1n) is 7.62. The van der Waals surface area contributed by atoms with Crippen molar-refractivity contribution in [1.29, 1.82) is 0 Å². The number of allylic oxidation sites excluding steroid dienone is 2. The van der Waals surface area contributed by atoms with Gasteiger partial charge in [0, 0.05) is 5.56 Å². The quantitative estimate of drug-likeness (QED) is 0.324. The summed E-state index contributed by atoms with van der Waals surface area (Å²) in [4.78, 5) is 17.5. The maximum Gasteiger partial charge on any atom is 0.338 e. The molecule has 0 saturated heterocycles. The number of benzene rings is 1. The molecule has 4 nitrogen and oxygen atoms in total. The molecule has 0 bridgehead atoms. The number of ether oxygens (including phenoxy) is 1. The van der Waals surface area contributed by atoms with E-state index in [1.54, 1.807) is 0 Å². The summed E-state index contributed by atoms with van der Waals surface area (Å²) in [7, 11) is 1.39. The summed E-state index contributed by atoms with van der Waals surface area (Å²) >= 11 is 0. The first-order chi connectivity index (χ1) is 10.9. The first-order valence-corrected chi connectivity index (χ1v) is 7.62. The normalized spacial score (nSPS) is 12.0. The highest BCUT2D eigenvalue weighted by molar-refractivity contribution is 6.16. The van der Waals surface area contributed by atoms with E-state index in [1.165, 1.54) is 7.11 Å². The van der Waals surface area contributed by atoms with E-state index >= 15 is 0 Å². The van der Waals surface area contributed by atoms with E-state index in [0.29, 0.717) is 5.57 Å². The highest BCUT2D eigenvalue weighted by atomic mass is 16.6. The Morgan fingerprint density at radius 2 is 2.04 bits per heavy atom. The molecule has 0 amide bonds. The molecule has 0 unspecified atom stereocenters. The maximum atomic E-state index is 12.1. The van der Waals surface area contributed by atoms with Gasteiger partial charge < -0.3 is 9.57 Å². The Bertz CT molecular complexity index is 642. The number of nitrogens with zero attached hydrogens (tertiary/aromatic N) is 1. The van der Waals surface area contributed by atoms with Gasteiger partial charge in [-0.15, -0.1) is 0 Å². The lowest BCUT2D eigenvalue weighted by molar-refractivity contribution is -0.133. The van der Waals surface area contributed by atoms with Crippen molar-refractivity contribution in [1.82, 2.24) is 0 Å². The van der Waals surface area contributed by atoms with E-state index in [1.807, 2.05) is 52.0 Å². The summed E-state index contributed by atoms with van der Waals surface area (Å²) in [5.74, 6) is -0.347. The number of carbonyl (C=O) groups excluding carboxylic acids is 1. The van der Waals surface area contributed by atoms with Gasteiger partial charge in [0.2, 0.25) is 0 Å². The van der Waals surface area contributed by atoms with Crippen molar-refractivity contribution in [3.05, 3.63) is 53.1 Å². The highest BCUT2D eigenvalue weighted by Crippen LogP contribution is 2.25. The molecule has 124 valence electrons. The van der Waals surface area contributed by atoms with E-state index in [9.17, 15) is 4.79 Å². The molecule has 1 aromatic rings. The molecular formula is C19H25NO3. The fourth-order valence-corrected chi connectivity index (χ4v) is 2.04. The van der Waals surface area contributed by atoms with Crippen molar-refractivity contribution in [3.63, 3.8) is 0 Å². The van der Waals surface area contributed by atoms with Gasteiger partial charge in [0.05, 0.1) is 18.4 Å². The number of methoxy groups -OCH3 is 1. The predicted molar refractivity (Wildman–Crippen MR) is 94.2 cm³/mol. The van der Waals surface area contributed by atoms with Crippen molar-refractivity contribution in [3.8, 4) is 0 Å². The lowest BCUT2D eigenvalue weighted by Gasteiger charge is -2.14. The van der Waals surface area contributed by atoms with Gasteiger partial charge in [-0.1, -0.05) is 42.9 Å². The minimum Gasteiger partial charge on any atom is -0.465 e. The minimum atomic E-state index is -0.347. The average molecular weight is 315 g/mol. The Kier molecular flexibility index (Phi) is 7.26. The topological polar surface area (TPSA) is 47.9 Å². The van der Waals surface area contributed by atoms with Crippen LogP contribution in [-0.2, 0) is 21.0 Å². The summed E-state index contributed by atoms with van der Waals surface area (Å²) in [5.41, 5.74) is 4.95. The molecule has 0 radical (unpaired) electrons. The predicted octanol–water partition coefficient (Wildman–Crippen LogP) is 4.43. The fraction of sp³-hybridized carbons (Fsp3) is 0.368. The lowest BCUT2D eigenvalue weighted by Crippen LogP contribution is -2.08. The zero-order valence-corrected chi connectivity index (χ0v) is 14.6. The summed E-state index contributed by atoms with van der Waals surface area (Å²) in [6, 6.07) is 5.81. The third kappa shape index (κ3) is 5.09. The SMILES string of the molecule is C=C(C)/C(C)=N\OCc1c(C)cccc1/C(=C\CC)C(=O)OC. The molecule has 0 fully saturated rings. The molecule has 0 aliphatic heterocycles. The molecule has 0 N–H and O–H groups in total. The van der Waals surface area contributed by atoms with E-state index in [4.69, 9.17) is 9.57 Å². The Balaban J connectivity index is 3.18. The van der Waals surface area contributed by atoms with Crippen LogP contribution in [0, 0.1) is 6.92 Å². The minimum absolute atomic E-state index is 0.282. The van der Waals surface area contributed by atoms with Gasteiger partial charge in [-0.25, -0.2) is 4.79 Å². The van der Waals surface area contributed by atoms with E-state index < -0.39 is 0 Å². The molecule has 1 rings (SSSR count). The lowest BCUT2D eigenvalue weighted by atomic mass is 9.95. The molecule has 0 heterocycles. The molecule has 4 heteroatoms. The molecular weight excluding hydrogens is 290 g/mol. The molecule has 0 aliphatic carbocycles. The second kappa shape index (κ2) is 8.93. The number of esters is 1. The largest absolute Gasteiger partial charge is 0.465 e. The van der Waals surface area contributed by atoms with Crippen LogP contribution in [0.5, 0.6) is 0 Å². The second-order valence-electron chi connectivity index (χ2n) is 5.35. The van der Waals surface area contributed by atoms with Crippen molar-refractivity contribution >= 4 is 17.3 Å². The van der Waals surface area contributed by atoms with Crippen LogP contribution in [0.3, 0.4) is 0 Å². The first kappa shape index (κ1) is 18.7. The van der Waals surface area contributed by atoms with Crippen molar-refractivity contribution in [2.24, 2.45) is 5.16 Å². The standard InChI is InChI=1S/C19H25NO3/c1-7-9-17(19(21)22-6)16-11-8-10-14(4)18(16)12-23-20-15(5)13(2)3/h8-11H,2,7,12H2,1,3-6H3/b17-9+,20-15-. The molecule has 0 saturated carbocycles. The van der Waals surface area contributed by atoms with E-state index in [0.717, 1.165) is 34.4 Å². The van der Waals surface area contributed by atoms with Gasteiger partial charge in [-0.05, 0) is 43.9 Å². The van der Waals surface area contributed by atoms with Crippen LogP contribution >= 0.6 is 0 Å². The number of rotatable bonds is 7. The molecule has 1 aromatic carbocycles. The Labute approximate surface area is 138 Å². The smallest absolute Gasteiger partial charge is 0.338 e. The third-order valence-corrected chi connectivity index (χ3v) is 3.54. The van der Waals surface area contributed by atoms with Crippen molar-refractivity contribution < 1.29 is 14.4 Å². The monoisotopic (exact) mass is 315 g/mol. The van der Waals surface area contributed by atoms with Gasteiger partial charge >= 0.3 is 5.97 Å². The fourth-order valence-electron chi connectivity index (χ4n) is 2.04. The molecule has 0 aliphatic rings. The van der Waals surface area contributed by atoms with Gasteiger partial charge in [0.15, 0.2) is 0 Å². The van der Waals surface area contributed by atoms with E-state index in [2.05, 4.69) is 11.7 Å². The van der Waals surface area contributed by atoms with Gasteiger partial charge in [0.1, 0.15) is 6.61 Å². The molecule has 0 aromatic heterocycles. The van der Waals surface area contributed by atoms with Crippen molar-refractivity contribution in [2.75, 3.05) is 7.11 Å². The number of aryl methyl sites for hydroxylation is 1. The Morgan fingerprint density at radius 3 is 2.61 bits per heavy atom. The third-order valence-electron chi connectivity index (χ3n) is 3.54. The molecule has 0 spiro atoms. The molecule has 23 heavy (non-hydrogen) atoms. The van der Waals surface area contributed by atoms with Crippen LogP contribution in [0.4, 0.5) is 0 Å². The number of hydrogen-bond acceptors (Lipinski definition) is 4. The van der Waals surface area contributed by atoms with Gasteiger partial charge in [0.25, 0.3) is 0 Å². The summed E-state index contributed by atoms with van der Waals surface area (Å²) in [5, 5.41) is 4.05. The zero-order valence-electron chi connectivity index (χ0n) is 14.6. The Hall–Kier alpha value is -2.36. The van der Waals surface area contributed by atoms with E-state index in [-0.39, 0.29) is 12.6 Å². The average Bonchev–Trinajstić information content (AvgIpc) is 2.53. The van der Waals surface area contributed by atoms with Gasteiger partial charge in [-0.2, -0.15) is 0 Å². The summed E-state index contributed by atoms with van der Waals surface area (Å²) in [6.07, 6.45) is 2.61. The summed E-state index contributed by atoms with van der Waals surface area (Å²) in [6.45, 7) is 11.8. The van der Waals surface area contributed by atoms with Crippen LogP contribution in [-0.4, -0.2) is 18.8 Å². The molecule has 0 atom stereocenters. The maximum absolute atomic E-state index is 12.1. The van der Waals surface area contributed by atoms with Crippen LogP contribution in [0.1, 0.15) is 43.9 Å². The number of oxime groups is 1. The number of carbonyl (C=O) groups is 1. The van der Waals surface area contributed by atoms with Crippen LogP contribution < -0.4 is 0 Å². The van der Waals surface area contributed by atoms with Gasteiger partial charge in [-0.3, -0.25) is 0 Å². The zero-order chi connectivity index (χ0) is 17.4. The van der Waals surface area contributed by atoms with Crippen LogP contribution in [0.15, 0.2) is 41.6 Å².